The van der Waals surface area contributed by atoms with Gasteiger partial charge >= 0.3 is 0 Å². The lowest BCUT2D eigenvalue weighted by molar-refractivity contribution is 0.527. The maximum absolute atomic E-state index is 4.20. The summed E-state index contributed by atoms with van der Waals surface area (Å²) in [5.74, 6) is 0.683. The highest BCUT2D eigenvalue weighted by molar-refractivity contribution is 5.29. The van der Waals surface area contributed by atoms with Crippen LogP contribution in [0.15, 0.2) is 18.5 Å². The third-order valence-corrected chi connectivity index (χ3v) is 2.84. The monoisotopic (exact) mass is 176 g/mol. The third kappa shape index (κ3) is 1.73. The number of fused-ring (bicyclic) bond motifs is 1. The summed E-state index contributed by atoms with van der Waals surface area (Å²) in [6.45, 7) is 1.08. The van der Waals surface area contributed by atoms with Crippen molar-refractivity contribution in [2.24, 2.45) is 0 Å². The van der Waals surface area contributed by atoms with Crippen LogP contribution in [0.2, 0.25) is 0 Å². The number of aromatic nitrogens is 1. The average Bonchev–Trinajstić information content (AvgIpc) is 2.19. The van der Waals surface area contributed by atoms with Crippen molar-refractivity contribution < 1.29 is 0 Å². The van der Waals surface area contributed by atoms with Crippen molar-refractivity contribution in [3.05, 3.63) is 29.6 Å². The highest BCUT2D eigenvalue weighted by Crippen LogP contribution is 2.29. The molecule has 0 radical (unpaired) electrons. The van der Waals surface area contributed by atoms with E-state index in [2.05, 4.69) is 16.4 Å². The zero-order chi connectivity index (χ0) is 9.10. The third-order valence-electron chi connectivity index (χ3n) is 2.84. The van der Waals surface area contributed by atoms with Gasteiger partial charge in [-0.15, -0.1) is 0 Å². The minimum Gasteiger partial charge on any atom is -0.319 e. The molecule has 0 fully saturated rings. The van der Waals surface area contributed by atoms with E-state index in [1.165, 1.54) is 30.4 Å². The Labute approximate surface area is 79.4 Å². The topological polar surface area (TPSA) is 24.9 Å². The lowest BCUT2D eigenvalue weighted by Crippen LogP contribution is -2.21. The fourth-order valence-electron chi connectivity index (χ4n) is 2.18. The molecular formula is C11H16N2. The van der Waals surface area contributed by atoms with E-state index in [9.17, 15) is 0 Å². The molecular weight excluding hydrogens is 160 g/mol. The van der Waals surface area contributed by atoms with Crippen LogP contribution in [-0.4, -0.2) is 18.6 Å². The molecule has 1 aromatic heterocycles. The minimum atomic E-state index is 0.683. The summed E-state index contributed by atoms with van der Waals surface area (Å²) >= 11 is 0. The first-order valence-corrected chi connectivity index (χ1v) is 4.99. The number of nitrogens with one attached hydrogen (secondary N) is 1. The molecule has 0 amide bonds. The van der Waals surface area contributed by atoms with Gasteiger partial charge in [-0.25, -0.2) is 0 Å². The van der Waals surface area contributed by atoms with Gasteiger partial charge in [-0.05, 0) is 49.4 Å². The van der Waals surface area contributed by atoms with Gasteiger partial charge in [0, 0.05) is 18.9 Å². The molecule has 2 nitrogen and oxygen atoms in total. The quantitative estimate of drug-likeness (QED) is 0.742. The van der Waals surface area contributed by atoms with Gasteiger partial charge in [-0.3, -0.25) is 4.98 Å². The molecule has 0 spiro atoms. The fourth-order valence-corrected chi connectivity index (χ4v) is 2.18. The number of hydrogen-bond acceptors (Lipinski definition) is 2. The second-order valence-corrected chi connectivity index (χ2v) is 3.72. The highest BCUT2D eigenvalue weighted by atomic mass is 14.8. The molecule has 1 aliphatic carbocycles. The van der Waals surface area contributed by atoms with E-state index in [0.717, 1.165) is 6.54 Å². The molecule has 0 saturated heterocycles. The van der Waals surface area contributed by atoms with Crippen LogP contribution in [0.5, 0.6) is 0 Å². The number of rotatable bonds is 2. The van der Waals surface area contributed by atoms with Crippen LogP contribution >= 0.6 is 0 Å². The SMILES string of the molecule is CNCC1CCCc2ccncc21. The fraction of sp³-hybridized carbons (Fsp3) is 0.545. The van der Waals surface area contributed by atoms with Gasteiger partial charge in [0.2, 0.25) is 0 Å². The second-order valence-electron chi connectivity index (χ2n) is 3.72. The molecule has 1 aromatic rings. The number of likely N-dealkylation sites (N-methyl/N-ethyl adjacent to an activating group) is 1. The molecule has 0 bridgehead atoms. The second kappa shape index (κ2) is 3.88. The molecule has 1 atom stereocenters. The Bertz CT molecular complexity index is 283. The largest absolute Gasteiger partial charge is 0.319 e. The van der Waals surface area contributed by atoms with E-state index in [4.69, 9.17) is 0 Å². The normalized spacial score (nSPS) is 21.2. The van der Waals surface area contributed by atoms with E-state index < -0.39 is 0 Å². The van der Waals surface area contributed by atoms with Crippen LogP contribution in [0.3, 0.4) is 0 Å². The first-order valence-electron chi connectivity index (χ1n) is 4.99. The lowest BCUT2D eigenvalue weighted by atomic mass is 9.84. The van der Waals surface area contributed by atoms with Crippen molar-refractivity contribution in [3.63, 3.8) is 0 Å². The van der Waals surface area contributed by atoms with Gasteiger partial charge in [0.05, 0.1) is 0 Å². The maximum Gasteiger partial charge on any atom is 0.0305 e. The van der Waals surface area contributed by atoms with Crippen molar-refractivity contribution >= 4 is 0 Å². The first kappa shape index (κ1) is 8.70. The van der Waals surface area contributed by atoms with Crippen LogP contribution in [0.1, 0.15) is 29.9 Å². The number of hydrogen-bond donors (Lipinski definition) is 1. The number of aryl methyl sites for hydroxylation is 1. The molecule has 0 aromatic carbocycles. The number of pyridine rings is 1. The van der Waals surface area contributed by atoms with E-state index in [-0.39, 0.29) is 0 Å². The van der Waals surface area contributed by atoms with Crippen molar-refractivity contribution in [3.8, 4) is 0 Å². The molecule has 1 N–H and O–H groups in total. The van der Waals surface area contributed by atoms with E-state index in [1.54, 1.807) is 0 Å². The van der Waals surface area contributed by atoms with Gasteiger partial charge in [0.1, 0.15) is 0 Å². The van der Waals surface area contributed by atoms with Crippen molar-refractivity contribution in [1.29, 1.82) is 0 Å². The number of nitrogens with zero attached hydrogens (tertiary/aromatic N) is 1. The molecule has 2 heteroatoms. The maximum atomic E-state index is 4.20. The Morgan fingerprint density at radius 1 is 1.62 bits per heavy atom. The van der Waals surface area contributed by atoms with Gasteiger partial charge in [0.25, 0.3) is 0 Å². The van der Waals surface area contributed by atoms with Crippen LogP contribution in [0.25, 0.3) is 0 Å². The van der Waals surface area contributed by atoms with Crippen molar-refractivity contribution in [1.82, 2.24) is 10.3 Å². The van der Waals surface area contributed by atoms with Crippen molar-refractivity contribution in [2.75, 3.05) is 13.6 Å². The van der Waals surface area contributed by atoms with Crippen LogP contribution < -0.4 is 5.32 Å². The Kier molecular flexibility index (Phi) is 2.60. The Morgan fingerprint density at radius 2 is 2.54 bits per heavy atom. The summed E-state index contributed by atoms with van der Waals surface area (Å²) in [6.07, 6.45) is 7.80. The van der Waals surface area contributed by atoms with E-state index in [0.29, 0.717) is 5.92 Å². The van der Waals surface area contributed by atoms with Gasteiger partial charge in [-0.2, -0.15) is 0 Å². The van der Waals surface area contributed by atoms with Crippen LogP contribution in [0.4, 0.5) is 0 Å². The van der Waals surface area contributed by atoms with Crippen molar-refractivity contribution in [2.45, 2.75) is 25.2 Å². The van der Waals surface area contributed by atoms with Gasteiger partial charge < -0.3 is 5.32 Å². The summed E-state index contributed by atoms with van der Waals surface area (Å²) in [7, 11) is 2.02. The standard InChI is InChI=1S/C11H16N2/c1-12-7-10-4-2-3-9-5-6-13-8-11(9)10/h5-6,8,10,12H,2-4,7H2,1H3. The zero-order valence-corrected chi connectivity index (χ0v) is 8.09. The summed E-state index contributed by atoms with van der Waals surface area (Å²) in [5, 5.41) is 3.25. The summed E-state index contributed by atoms with van der Waals surface area (Å²) in [6, 6.07) is 2.16. The predicted molar refractivity (Wildman–Crippen MR) is 53.8 cm³/mol. The molecule has 1 aliphatic rings. The Balaban J connectivity index is 2.26. The Hall–Kier alpha value is -0.890. The molecule has 70 valence electrons. The molecule has 1 unspecified atom stereocenters. The average molecular weight is 176 g/mol. The van der Waals surface area contributed by atoms with Crippen LogP contribution in [0, 0.1) is 0 Å². The predicted octanol–water partition coefficient (Wildman–Crippen LogP) is 1.72. The lowest BCUT2D eigenvalue weighted by Gasteiger charge is -2.24. The molecule has 1 heterocycles. The van der Waals surface area contributed by atoms with Gasteiger partial charge in [-0.1, -0.05) is 0 Å². The first-order chi connectivity index (χ1) is 6.42. The minimum absolute atomic E-state index is 0.683. The zero-order valence-electron chi connectivity index (χ0n) is 8.09. The Morgan fingerprint density at radius 3 is 3.38 bits per heavy atom. The highest BCUT2D eigenvalue weighted by Gasteiger charge is 2.18. The molecule has 13 heavy (non-hydrogen) atoms. The molecule has 2 rings (SSSR count). The van der Waals surface area contributed by atoms with E-state index in [1.807, 2.05) is 19.4 Å². The molecule has 0 aliphatic heterocycles. The van der Waals surface area contributed by atoms with E-state index >= 15 is 0 Å². The summed E-state index contributed by atoms with van der Waals surface area (Å²) < 4.78 is 0. The summed E-state index contributed by atoms with van der Waals surface area (Å²) in [4.78, 5) is 4.20. The molecule has 0 saturated carbocycles. The smallest absolute Gasteiger partial charge is 0.0305 e. The van der Waals surface area contributed by atoms with Crippen LogP contribution in [-0.2, 0) is 6.42 Å². The summed E-state index contributed by atoms with van der Waals surface area (Å²) in [5.41, 5.74) is 2.96. The van der Waals surface area contributed by atoms with Gasteiger partial charge in [0.15, 0.2) is 0 Å².